The molecule has 1 aliphatic heterocycles. The SMILES string of the molecule is CS(=O)(=O)OC[C@@H]1C[C@H](COS(C)(=O)=O)N1C(=O)OCc1ccccc1. The van der Waals surface area contributed by atoms with Crippen molar-refractivity contribution in [2.75, 3.05) is 25.7 Å². The summed E-state index contributed by atoms with van der Waals surface area (Å²) < 4.78 is 59.3. The van der Waals surface area contributed by atoms with E-state index in [2.05, 4.69) is 0 Å². The highest BCUT2D eigenvalue weighted by atomic mass is 32.2. The smallest absolute Gasteiger partial charge is 0.410 e. The van der Waals surface area contributed by atoms with Gasteiger partial charge in [0.05, 0.1) is 37.8 Å². The fourth-order valence-corrected chi connectivity index (χ4v) is 3.30. The van der Waals surface area contributed by atoms with Crippen LogP contribution in [0.25, 0.3) is 0 Å². The molecule has 2 rings (SSSR count). The van der Waals surface area contributed by atoms with Gasteiger partial charge >= 0.3 is 6.09 Å². The van der Waals surface area contributed by atoms with Gasteiger partial charge in [-0.3, -0.25) is 13.3 Å². The number of carbonyl (C=O) groups excluding carboxylic acids is 1. The average Bonchev–Trinajstić information content (AvgIpc) is 2.50. The van der Waals surface area contributed by atoms with Crippen molar-refractivity contribution >= 4 is 26.3 Å². The van der Waals surface area contributed by atoms with Crippen LogP contribution in [-0.4, -0.2) is 65.6 Å². The Balaban J connectivity index is 1.98. The first-order valence-electron chi connectivity index (χ1n) is 7.73. The fourth-order valence-electron chi connectivity index (χ4n) is 2.49. The third kappa shape index (κ3) is 6.56. The number of ether oxygens (including phenoxy) is 1. The Hall–Kier alpha value is -1.69. The minimum absolute atomic E-state index is 0.0372. The summed E-state index contributed by atoms with van der Waals surface area (Å²) >= 11 is 0. The van der Waals surface area contributed by atoms with E-state index in [4.69, 9.17) is 13.1 Å². The van der Waals surface area contributed by atoms with E-state index in [1.165, 1.54) is 4.90 Å². The summed E-state index contributed by atoms with van der Waals surface area (Å²) in [6, 6.07) is 7.94. The highest BCUT2D eigenvalue weighted by molar-refractivity contribution is 7.86. The molecule has 1 fully saturated rings. The summed E-state index contributed by atoms with van der Waals surface area (Å²) in [7, 11) is -7.32. The molecule has 146 valence electrons. The number of benzene rings is 1. The average molecular weight is 407 g/mol. The number of hydrogen-bond donors (Lipinski definition) is 0. The van der Waals surface area contributed by atoms with E-state index < -0.39 is 38.4 Å². The van der Waals surface area contributed by atoms with Gasteiger partial charge in [0.1, 0.15) is 6.61 Å². The molecule has 2 atom stereocenters. The zero-order valence-electron chi connectivity index (χ0n) is 14.4. The predicted molar refractivity (Wildman–Crippen MR) is 92.3 cm³/mol. The van der Waals surface area contributed by atoms with E-state index in [1.807, 2.05) is 6.07 Å². The quantitative estimate of drug-likeness (QED) is 0.579. The molecule has 0 spiro atoms. The first kappa shape index (κ1) is 20.6. The Morgan fingerprint density at radius 1 is 1.00 bits per heavy atom. The zero-order chi connectivity index (χ0) is 19.4. The molecule has 1 saturated heterocycles. The van der Waals surface area contributed by atoms with Gasteiger partial charge in [-0.25, -0.2) is 4.79 Å². The Bertz CT molecular complexity index is 780. The van der Waals surface area contributed by atoms with E-state index in [9.17, 15) is 21.6 Å². The van der Waals surface area contributed by atoms with Crippen LogP contribution in [0.4, 0.5) is 4.79 Å². The molecule has 0 bridgehead atoms. The van der Waals surface area contributed by atoms with Gasteiger partial charge in [0.2, 0.25) is 0 Å². The van der Waals surface area contributed by atoms with Crippen LogP contribution in [0.1, 0.15) is 12.0 Å². The lowest BCUT2D eigenvalue weighted by molar-refractivity contribution is -0.0285. The lowest BCUT2D eigenvalue weighted by Crippen LogP contribution is -2.62. The van der Waals surface area contributed by atoms with Crippen LogP contribution in [0.3, 0.4) is 0 Å². The minimum atomic E-state index is -3.66. The second-order valence-electron chi connectivity index (χ2n) is 5.97. The van der Waals surface area contributed by atoms with Crippen LogP contribution in [0, 0.1) is 0 Å². The summed E-state index contributed by atoms with van der Waals surface area (Å²) in [4.78, 5) is 13.6. The van der Waals surface area contributed by atoms with Crippen molar-refractivity contribution in [2.24, 2.45) is 0 Å². The molecule has 0 unspecified atom stereocenters. The molecule has 0 saturated carbocycles. The summed E-state index contributed by atoms with van der Waals surface area (Å²) in [5, 5.41) is 0. The van der Waals surface area contributed by atoms with Crippen LogP contribution in [0.5, 0.6) is 0 Å². The number of hydrogen-bond acceptors (Lipinski definition) is 8. The van der Waals surface area contributed by atoms with Crippen LogP contribution in [0.2, 0.25) is 0 Å². The molecule has 9 nitrogen and oxygen atoms in total. The first-order chi connectivity index (χ1) is 12.1. The normalized spacial score (nSPS) is 20.5. The molecule has 0 N–H and O–H groups in total. The Morgan fingerprint density at radius 2 is 1.50 bits per heavy atom. The summed E-state index contributed by atoms with van der Waals surface area (Å²) in [5.41, 5.74) is 0.786. The van der Waals surface area contributed by atoms with E-state index in [0.29, 0.717) is 6.42 Å². The molecule has 0 radical (unpaired) electrons. The Morgan fingerprint density at radius 3 is 1.96 bits per heavy atom. The highest BCUT2D eigenvalue weighted by Crippen LogP contribution is 2.28. The number of carbonyl (C=O) groups is 1. The van der Waals surface area contributed by atoms with Gasteiger partial charge < -0.3 is 4.74 Å². The van der Waals surface area contributed by atoms with Crippen molar-refractivity contribution in [3.8, 4) is 0 Å². The standard InChI is InChI=1S/C15H21NO8S2/c1-25(18,19)23-10-13-8-14(11-24-26(2,20)21)16(13)15(17)22-9-12-6-4-3-5-7-12/h3-7,13-14H,8-11H2,1-2H3/t13-,14+. The lowest BCUT2D eigenvalue weighted by Gasteiger charge is -2.46. The number of amides is 1. The topological polar surface area (TPSA) is 116 Å². The van der Waals surface area contributed by atoms with Gasteiger partial charge in [0, 0.05) is 0 Å². The first-order valence-corrected chi connectivity index (χ1v) is 11.4. The van der Waals surface area contributed by atoms with Crippen molar-refractivity contribution in [2.45, 2.75) is 25.1 Å². The summed E-state index contributed by atoms with van der Waals surface area (Å²) in [6.45, 7) is -0.418. The minimum Gasteiger partial charge on any atom is -0.445 e. The van der Waals surface area contributed by atoms with Crippen molar-refractivity contribution in [1.82, 2.24) is 4.90 Å². The molecule has 1 aromatic rings. The largest absolute Gasteiger partial charge is 0.445 e. The second-order valence-corrected chi connectivity index (χ2v) is 9.26. The molecule has 1 heterocycles. The van der Waals surface area contributed by atoms with E-state index in [1.54, 1.807) is 24.3 Å². The van der Waals surface area contributed by atoms with Crippen molar-refractivity contribution in [3.05, 3.63) is 35.9 Å². The van der Waals surface area contributed by atoms with Crippen LogP contribution >= 0.6 is 0 Å². The molecule has 1 aromatic carbocycles. The van der Waals surface area contributed by atoms with E-state index >= 15 is 0 Å². The third-order valence-corrected chi connectivity index (χ3v) is 4.82. The van der Waals surface area contributed by atoms with Gasteiger partial charge in [-0.2, -0.15) is 16.8 Å². The fraction of sp³-hybridized carbons (Fsp3) is 0.533. The summed E-state index contributed by atoms with van der Waals surface area (Å²) in [5.74, 6) is 0. The maximum absolute atomic E-state index is 12.4. The van der Waals surface area contributed by atoms with Gasteiger partial charge in [-0.15, -0.1) is 0 Å². The van der Waals surface area contributed by atoms with Crippen LogP contribution in [-0.2, 0) is 39.9 Å². The lowest BCUT2D eigenvalue weighted by atomic mass is 9.95. The van der Waals surface area contributed by atoms with E-state index in [0.717, 1.165) is 18.1 Å². The van der Waals surface area contributed by atoms with Crippen LogP contribution in [0.15, 0.2) is 30.3 Å². The van der Waals surface area contributed by atoms with Gasteiger partial charge in [0.15, 0.2) is 0 Å². The molecular weight excluding hydrogens is 386 g/mol. The molecule has 0 aromatic heterocycles. The van der Waals surface area contributed by atoms with Gasteiger partial charge in [0.25, 0.3) is 20.2 Å². The molecule has 26 heavy (non-hydrogen) atoms. The third-order valence-electron chi connectivity index (χ3n) is 3.70. The molecule has 1 aliphatic rings. The van der Waals surface area contributed by atoms with Crippen molar-refractivity contribution < 1.29 is 34.7 Å². The second kappa shape index (κ2) is 8.33. The van der Waals surface area contributed by atoms with Gasteiger partial charge in [-0.1, -0.05) is 30.3 Å². The maximum atomic E-state index is 12.4. The zero-order valence-corrected chi connectivity index (χ0v) is 16.0. The van der Waals surface area contributed by atoms with Crippen LogP contribution < -0.4 is 0 Å². The van der Waals surface area contributed by atoms with Crippen molar-refractivity contribution in [1.29, 1.82) is 0 Å². The summed E-state index contributed by atoms with van der Waals surface area (Å²) in [6.07, 6.45) is 1.47. The molecule has 11 heteroatoms. The molecule has 0 aliphatic carbocycles. The van der Waals surface area contributed by atoms with E-state index in [-0.39, 0.29) is 19.8 Å². The number of nitrogens with zero attached hydrogens (tertiary/aromatic N) is 1. The maximum Gasteiger partial charge on any atom is 0.410 e. The number of likely N-dealkylation sites (tertiary alicyclic amines) is 1. The van der Waals surface area contributed by atoms with Gasteiger partial charge in [-0.05, 0) is 12.0 Å². The monoisotopic (exact) mass is 407 g/mol. The molecule has 1 amide bonds. The Labute approximate surface area is 153 Å². The van der Waals surface area contributed by atoms with Crippen molar-refractivity contribution in [3.63, 3.8) is 0 Å². The Kier molecular flexibility index (Phi) is 6.61. The molecular formula is C15H21NO8S2. The predicted octanol–water partition coefficient (Wildman–Crippen LogP) is 0.719. The number of rotatable bonds is 8. The highest BCUT2D eigenvalue weighted by Gasteiger charge is 2.44.